The molecule has 0 radical (unpaired) electrons. The van der Waals surface area contributed by atoms with Gasteiger partial charge in [0.1, 0.15) is 16.2 Å². The van der Waals surface area contributed by atoms with Crippen LogP contribution in [0, 0.1) is 6.92 Å². The van der Waals surface area contributed by atoms with Crippen molar-refractivity contribution >= 4 is 27.7 Å². The van der Waals surface area contributed by atoms with E-state index in [1.165, 1.54) is 31.4 Å². The van der Waals surface area contributed by atoms with Crippen LogP contribution in [0.2, 0.25) is 0 Å². The Morgan fingerprint density at radius 2 is 1.81 bits per heavy atom. The van der Waals surface area contributed by atoms with Crippen molar-refractivity contribution in [1.29, 1.82) is 0 Å². The lowest BCUT2D eigenvalue weighted by molar-refractivity contribution is 0.0523. The lowest BCUT2D eigenvalue weighted by atomic mass is 10.1. The maximum atomic E-state index is 12.6. The predicted octanol–water partition coefficient (Wildman–Crippen LogP) is 3.69. The number of halogens is 1. The standard InChI is InChI=1S/C18H19ClO6S/c1-4-24-18(20)17-13(11-19)9-14(23-3)10-16(17)25-26(21,22)15-7-5-12(2)6-8-15/h5-10H,4,11H2,1-3H3. The summed E-state index contributed by atoms with van der Waals surface area (Å²) in [5.74, 6) is -0.659. The molecule has 0 amide bonds. The zero-order chi connectivity index (χ0) is 19.3. The molecule has 0 heterocycles. The fourth-order valence-electron chi connectivity index (χ4n) is 2.24. The van der Waals surface area contributed by atoms with Gasteiger partial charge in [0.2, 0.25) is 0 Å². The van der Waals surface area contributed by atoms with Gasteiger partial charge in [-0.1, -0.05) is 17.7 Å². The number of methoxy groups -OCH3 is 1. The number of hydrogen-bond donors (Lipinski definition) is 0. The van der Waals surface area contributed by atoms with Gasteiger partial charge in [-0.05, 0) is 37.6 Å². The first-order valence-corrected chi connectivity index (χ1v) is 9.71. The molecule has 0 spiro atoms. The summed E-state index contributed by atoms with van der Waals surface area (Å²) in [4.78, 5) is 12.3. The first kappa shape index (κ1) is 20.1. The molecule has 6 nitrogen and oxygen atoms in total. The number of esters is 1. The average molecular weight is 399 g/mol. The van der Waals surface area contributed by atoms with E-state index in [9.17, 15) is 13.2 Å². The molecule has 2 rings (SSSR count). The lowest BCUT2D eigenvalue weighted by Crippen LogP contribution is -2.15. The Hall–Kier alpha value is -2.25. The Morgan fingerprint density at radius 1 is 1.15 bits per heavy atom. The minimum Gasteiger partial charge on any atom is -0.497 e. The summed E-state index contributed by atoms with van der Waals surface area (Å²) in [6.07, 6.45) is 0. The highest BCUT2D eigenvalue weighted by molar-refractivity contribution is 7.87. The Balaban J connectivity index is 2.55. The molecule has 8 heteroatoms. The van der Waals surface area contributed by atoms with Crippen LogP contribution in [0.25, 0.3) is 0 Å². The van der Waals surface area contributed by atoms with E-state index < -0.39 is 16.1 Å². The minimum absolute atomic E-state index is 0.0341. The van der Waals surface area contributed by atoms with E-state index >= 15 is 0 Å². The number of rotatable bonds is 7. The zero-order valence-electron chi connectivity index (χ0n) is 14.6. The summed E-state index contributed by atoms with van der Waals surface area (Å²) >= 11 is 5.91. The summed E-state index contributed by atoms with van der Waals surface area (Å²) in [5, 5.41) is 0. The second kappa shape index (κ2) is 8.42. The highest BCUT2D eigenvalue weighted by Crippen LogP contribution is 2.33. The molecule has 0 saturated carbocycles. The first-order chi connectivity index (χ1) is 12.3. The fraction of sp³-hybridized carbons (Fsp3) is 0.278. The smallest absolute Gasteiger partial charge is 0.342 e. The van der Waals surface area contributed by atoms with Gasteiger partial charge in [-0.3, -0.25) is 0 Å². The third-order valence-electron chi connectivity index (χ3n) is 3.53. The van der Waals surface area contributed by atoms with Crippen LogP contribution in [0.15, 0.2) is 41.3 Å². The summed E-state index contributed by atoms with van der Waals surface area (Å²) < 4.78 is 40.6. The van der Waals surface area contributed by atoms with Crippen molar-refractivity contribution in [3.63, 3.8) is 0 Å². The largest absolute Gasteiger partial charge is 0.497 e. The van der Waals surface area contributed by atoms with Crippen LogP contribution in [0.3, 0.4) is 0 Å². The van der Waals surface area contributed by atoms with Gasteiger partial charge in [0.25, 0.3) is 0 Å². The molecule has 0 bridgehead atoms. The topological polar surface area (TPSA) is 78.9 Å². The van der Waals surface area contributed by atoms with Crippen molar-refractivity contribution in [3.8, 4) is 11.5 Å². The minimum atomic E-state index is -4.16. The molecule has 0 aliphatic carbocycles. The quantitative estimate of drug-likeness (QED) is 0.402. The van der Waals surface area contributed by atoms with Crippen molar-refractivity contribution in [2.75, 3.05) is 13.7 Å². The Labute approximate surface area is 157 Å². The number of benzene rings is 2. The van der Waals surface area contributed by atoms with E-state index in [-0.39, 0.29) is 28.7 Å². The maximum Gasteiger partial charge on any atom is 0.342 e. The van der Waals surface area contributed by atoms with E-state index in [0.717, 1.165) is 5.56 Å². The van der Waals surface area contributed by atoms with E-state index in [1.54, 1.807) is 19.1 Å². The predicted molar refractivity (Wildman–Crippen MR) is 97.5 cm³/mol. The number of carbonyl (C=O) groups is 1. The Bertz CT molecular complexity index is 891. The Morgan fingerprint density at radius 3 is 2.35 bits per heavy atom. The third-order valence-corrected chi connectivity index (χ3v) is 5.06. The SMILES string of the molecule is CCOC(=O)c1c(CCl)cc(OC)cc1OS(=O)(=O)c1ccc(C)cc1. The second-order valence-electron chi connectivity index (χ2n) is 5.36. The molecular formula is C18H19ClO6S. The van der Waals surface area contributed by atoms with Crippen LogP contribution in [0.4, 0.5) is 0 Å². The molecule has 0 atom stereocenters. The van der Waals surface area contributed by atoms with E-state index in [2.05, 4.69) is 0 Å². The van der Waals surface area contributed by atoms with Crippen molar-refractivity contribution in [2.24, 2.45) is 0 Å². The molecule has 0 aliphatic heterocycles. The normalized spacial score (nSPS) is 11.1. The molecule has 0 fully saturated rings. The number of hydrogen-bond acceptors (Lipinski definition) is 6. The van der Waals surface area contributed by atoms with Crippen molar-refractivity contribution in [2.45, 2.75) is 24.6 Å². The average Bonchev–Trinajstić information content (AvgIpc) is 2.61. The van der Waals surface area contributed by atoms with Crippen molar-refractivity contribution in [1.82, 2.24) is 0 Å². The van der Waals surface area contributed by atoms with Gasteiger partial charge in [0, 0.05) is 11.9 Å². The molecule has 0 N–H and O–H groups in total. The molecule has 0 aliphatic rings. The Kier molecular flexibility index (Phi) is 6.50. The van der Waals surface area contributed by atoms with Gasteiger partial charge in [0.15, 0.2) is 5.75 Å². The number of carbonyl (C=O) groups excluding carboxylic acids is 1. The van der Waals surface area contributed by atoms with Crippen LogP contribution >= 0.6 is 11.6 Å². The van der Waals surface area contributed by atoms with Crippen molar-refractivity contribution < 1.29 is 26.9 Å². The van der Waals surface area contributed by atoms with Gasteiger partial charge >= 0.3 is 16.1 Å². The molecule has 2 aromatic carbocycles. The summed E-state index contributed by atoms with van der Waals surface area (Å²) in [5.41, 5.74) is 1.21. The molecular weight excluding hydrogens is 380 g/mol. The van der Waals surface area contributed by atoms with Crippen LogP contribution in [-0.2, 0) is 20.7 Å². The van der Waals surface area contributed by atoms with Crippen LogP contribution < -0.4 is 8.92 Å². The maximum absolute atomic E-state index is 12.6. The first-order valence-electron chi connectivity index (χ1n) is 7.77. The van der Waals surface area contributed by atoms with E-state index in [1.807, 2.05) is 6.92 Å². The zero-order valence-corrected chi connectivity index (χ0v) is 16.2. The summed E-state index contributed by atoms with van der Waals surface area (Å²) in [7, 11) is -2.75. The number of alkyl halides is 1. The molecule has 26 heavy (non-hydrogen) atoms. The molecule has 0 unspecified atom stereocenters. The van der Waals surface area contributed by atoms with Gasteiger partial charge in [-0.15, -0.1) is 11.6 Å². The second-order valence-corrected chi connectivity index (χ2v) is 7.18. The van der Waals surface area contributed by atoms with Crippen molar-refractivity contribution in [3.05, 3.63) is 53.1 Å². The fourth-order valence-corrected chi connectivity index (χ4v) is 3.38. The van der Waals surface area contributed by atoms with E-state index in [4.69, 9.17) is 25.3 Å². The van der Waals surface area contributed by atoms with E-state index in [0.29, 0.717) is 11.3 Å². The van der Waals surface area contributed by atoms with Crippen LogP contribution in [-0.4, -0.2) is 28.1 Å². The molecule has 0 saturated heterocycles. The molecule has 2 aromatic rings. The monoisotopic (exact) mass is 398 g/mol. The van der Waals surface area contributed by atoms with Gasteiger partial charge < -0.3 is 13.7 Å². The van der Waals surface area contributed by atoms with Crippen LogP contribution in [0.5, 0.6) is 11.5 Å². The summed E-state index contributed by atoms with van der Waals surface area (Å²) in [6, 6.07) is 9.00. The molecule has 0 aromatic heterocycles. The number of ether oxygens (including phenoxy) is 2. The van der Waals surface area contributed by atoms with Gasteiger partial charge in [-0.25, -0.2) is 4.79 Å². The highest BCUT2D eigenvalue weighted by atomic mass is 35.5. The number of aryl methyl sites for hydroxylation is 1. The summed E-state index contributed by atoms with van der Waals surface area (Å²) in [6.45, 7) is 3.60. The highest BCUT2D eigenvalue weighted by Gasteiger charge is 2.25. The molecule has 140 valence electrons. The lowest BCUT2D eigenvalue weighted by Gasteiger charge is -2.15. The van der Waals surface area contributed by atoms with Gasteiger partial charge in [-0.2, -0.15) is 8.42 Å². The third kappa shape index (κ3) is 4.47. The van der Waals surface area contributed by atoms with Crippen LogP contribution in [0.1, 0.15) is 28.4 Å². The van der Waals surface area contributed by atoms with Gasteiger partial charge in [0.05, 0.1) is 13.7 Å².